The molecule has 1 N–H and O–H groups in total. The van der Waals surface area contributed by atoms with Crippen molar-refractivity contribution >= 4 is 17.4 Å². The Hall–Kier alpha value is -0.840. The van der Waals surface area contributed by atoms with Crippen molar-refractivity contribution in [3.05, 3.63) is 22.8 Å². The predicted octanol–water partition coefficient (Wildman–Crippen LogP) is 1.93. The lowest BCUT2D eigenvalue weighted by molar-refractivity contribution is 0.161. The van der Waals surface area contributed by atoms with E-state index in [1.807, 2.05) is 7.05 Å². The van der Waals surface area contributed by atoms with Gasteiger partial charge in [0.2, 0.25) is 0 Å². The first-order chi connectivity index (χ1) is 8.74. The number of nitrogens with zero attached hydrogens (tertiary/aromatic N) is 2. The van der Waals surface area contributed by atoms with Gasteiger partial charge in [0.15, 0.2) is 0 Å². The third-order valence-corrected chi connectivity index (χ3v) is 3.64. The van der Waals surface area contributed by atoms with Crippen LogP contribution in [0.15, 0.2) is 12.3 Å². The fourth-order valence-corrected chi connectivity index (χ4v) is 2.55. The molecule has 0 saturated carbocycles. The molecule has 100 valence electrons. The van der Waals surface area contributed by atoms with Gasteiger partial charge in [0, 0.05) is 38.9 Å². The van der Waals surface area contributed by atoms with Crippen LogP contribution in [-0.2, 0) is 11.3 Å². The maximum atomic E-state index is 6.12. The van der Waals surface area contributed by atoms with E-state index in [1.54, 1.807) is 13.3 Å². The average molecular weight is 270 g/mol. The molecule has 1 aliphatic rings. The number of hydrogen-bond acceptors (Lipinski definition) is 4. The molecule has 1 unspecified atom stereocenters. The average Bonchev–Trinajstić information content (AvgIpc) is 2.81. The second-order valence-electron chi connectivity index (χ2n) is 4.72. The highest BCUT2D eigenvalue weighted by molar-refractivity contribution is 6.31. The van der Waals surface area contributed by atoms with Crippen molar-refractivity contribution in [1.82, 2.24) is 10.3 Å². The highest BCUT2D eigenvalue weighted by atomic mass is 35.5. The number of anilines is 1. The largest absolute Gasteiger partial charge is 0.384 e. The van der Waals surface area contributed by atoms with Crippen LogP contribution in [0.2, 0.25) is 5.02 Å². The van der Waals surface area contributed by atoms with Gasteiger partial charge in [-0.25, -0.2) is 4.98 Å². The van der Waals surface area contributed by atoms with E-state index in [2.05, 4.69) is 21.3 Å². The number of aromatic nitrogens is 1. The molecule has 0 spiro atoms. The molecule has 0 radical (unpaired) electrons. The van der Waals surface area contributed by atoms with Crippen molar-refractivity contribution in [3.63, 3.8) is 0 Å². The van der Waals surface area contributed by atoms with Crippen LogP contribution >= 0.6 is 11.6 Å². The summed E-state index contributed by atoms with van der Waals surface area (Å²) in [5, 5.41) is 3.84. The molecule has 1 aromatic rings. The van der Waals surface area contributed by atoms with Gasteiger partial charge in [-0.2, -0.15) is 0 Å². The number of methoxy groups -OCH3 is 1. The van der Waals surface area contributed by atoms with Crippen LogP contribution in [-0.4, -0.2) is 38.8 Å². The minimum atomic E-state index is 0.611. The fraction of sp³-hybridized carbons (Fsp3) is 0.615. The first-order valence-corrected chi connectivity index (χ1v) is 6.65. The van der Waals surface area contributed by atoms with Gasteiger partial charge < -0.3 is 15.0 Å². The van der Waals surface area contributed by atoms with Gasteiger partial charge in [0.25, 0.3) is 0 Å². The van der Waals surface area contributed by atoms with Crippen LogP contribution in [0.3, 0.4) is 0 Å². The number of pyridine rings is 1. The predicted molar refractivity (Wildman–Crippen MR) is 74.2 cm³/mol. The summed E-state index contributed by atoms with van der Waals surface area (Å²) in [7, 11) is 3.68. The third-order valence-electron chi connectivity index (χ3n) is 3.30. The zero-order chi connectivity index (χ0) is 13.0. The zero-order valence-electron chi connectivity index (χ0n) is 10.9. The Labute approximate surface area is 113 Å². The van der Waals surface area contributed by atoms with E-state index >= 15 is 0 Å². The Morgan fingerprint density at radius 1 is 1.61 bits per heavy atom. The number of ether oxygens (including phenoxy) is 1. The van der Waals surface area contributed by atoms with Crippen molar-refractivity contribution in [3.8, 4) is 0 Å². The van der Waals surface area contributed by atoms with Gasteiger partial charge in [-0.3, -0.25) is 0 Å². The second kappa shape index (κ2) is 6.36. The lowest BCUT2D eigenvalue weighted by Gasteiger charge is -2.18. The Kier molecular flexibility index (Phi) is 4.80. The van der Waals surface area contributed by atoms with E-state index in [-0.39, 0.29) is 0 Å². The van der Waals surface area contributed by atoms with E-state index in [4.69, 9.17) is 16.3 Å². The summed E-state index contributed by atoms with van der Waals surface area (Å²) in [4.78, 5) is 6.73. The molecule has 0 bridgehead atoms. The summed E-state index contributed by atoms with van der Waals surface area (Å²) in [6, 6.07) is 2.08. The molecule has 5 heteroatoms. The summed E-state index contributed by atoms with van der Waals surface area (Å²) in [5.41, 5.74) is 1.10. The lowest BCUT2D eigenvalue weighted by Crippen LogP contribution is -2.22. The second-order valence-corrected chi connectivity index (χ2v) is 5.13. The van der Waals surface area contributed by atoms with Gasteiger partial charge >= 0.3 is 0 Å². The first-order valence-electron chi connectivity index (χ1n) is 6.27. The van der Waals surface area contributed by atoms with E-state index in [0.29, 0.717) is 5.92 Å². The van der Waals surface area contributed by atoms with E-state index in [1.165, 1.54) is 6.42 Å². The molecule has 0 aromatic carbocycles. The van der Waals surface area contributed by atoms with Crippen LogP contribution in [0.1, 0.15) is 12.0 Å². The van der Waals surface area contributed by atoms with Crippen LogP contribution in [0, 0.1) is 5.92 Å². The van der Waals surface area contributed by atoms with E-state index < -0.39 is 0 Å². The summed E-state index contributed by atoms with van der Waals surface area (Å²) in [6.07, 6.45) is 2.91. The van der Waals surface area contributed by atoms with Crippen LogP contribution in [0.5, 0.6) is 0 Å². The lowest BCUT2D eigenvalue weighted by atomic mass is 10.1. The van der Waals surface area contributed by atoms with Crippen LogP contribution < -0.4 is 10.2 Å². The first kappa shape index (κ1) is 13.6. The molecule has 0 aliphatic carbocycles. The minimum absolute atomic E-state index is 0.611. The molecule has 1 saturated heterocycles. The van der Waals surface area contributed by atoms with Crippen LogP contribution in [0.25, 0.3) is 0 Å². The number of rotatable bonds is 5. The van der Waals surface area contributed by atoms with Gasteiger partial charge in [0.1, 0.15) is 5.82 Å². The Morgan fingerprint density at radius 2 is 2.44 bits per heavy atom. The Bertz CT molecular complexity index is 400. The summed E-state index contributed by atoms with van der Waals surface area (Å²) >= 11 is 6.12. The van der Waals surface area contributed by atoms with Gasteiger partial charge in [-0.15, -0.1) is 0 Å². The highest BCUT2D eigenvalue weighted by Gasteiger charge is 2.23. The molecular formula is C13H20ClN3O. The van der Waals surface area contributed by atoms with Crippen molar-refractivity contribution in [2.75, 3.05) is 38.8 Å². The molecule has 4 nitrogen and oxygen atoms in total. The topological polar surface area (TPSA) is 37.4 Å². The van der Waals surface area contributed by atoms with Crippen LogP contribution in [0.4, 0.5) is 5.82 Å². The molecule has 1 atom stereocenters. The molecule has 2 heterocycles. The molecule has 1 fully saturated rings. The summed E-state index contributed by atoms with van der Waals surface area (Å²) in [6.45, 7) is 3.65. The third kappa shape index (κ3) is 3.13. The normalized spacial score (nSPS) is 19.5. The molecule has 2 rings (SSSR count). The Morgan fingerprint density at radius 3 is 3.17 bits per heavy atom. The molecule has 0 amide bonds. The zero-order valence-corrected chi connectivity index (χ0v) is 11.7. The molecular weight excluding hydrogens is 250 g/mol. The highest BCUT2D eigenvalue weighted by Crippen LogP contribution is 2.25. The Balaban J connectivity index is 2.07. The van der Waals surface area contributed by atoms with Crippen molar-refractivity contribution in [2.24, 2.45) is 5.92 Å². The summed E-state index contributed by atoms with van der Waals surface area (Å²) in [5.74, 6) is 1.63. The van der Waals surface area contributed by atoms with E-state index in [0.717, 1.165) is 42.6 Å². The molecule has 18 heavy (non-hydrogen) atoms. The van der Waals surface area contributed by atoms with Gasteiger partial charge in [-0.1, -0.05) is 11.6 Å². The van der Waals surface area contributed by atoms with Gasteiger partial charge in [0.05, 0.1) is 11.6 Å². The molecule has 1 aromatic heterocycles. The quantitative estimate of drug-likeness (QED) is 0.886. The van der Waals surface area contributed by atoms with Crippen molar-refractivity contribution in [2.45, 2.75) is 13.0 Å². The smallest absolute Gasteiger partial charge is 0.128 e. The summed E-state index contributed by atoms with van der Waals surface area (Å²) < 4.78 is 5.21. The monoisotopic (exact) mass is 269 g/mol. The number of hydrogen-bond donors (Lipinski definition) is 1. The standard InChI is InChI=1S/C13H20ClN3O/c1-15-6-11-5-13(16-7-12(11)14)17-4-3-10(8-17)9-18-2/h5,7,10,15H,3-4,6,8-9H2,1-2H3. The maximum absolute atomic E-state index is 6.12. The fourth-order valence-electron chi connectivity index (χ4n) is 2.38. The van der Waals surface area contributed by atoms with E-state index in [9.17, 15) is 0 Å². The van der Waals surface area contributed by atoms with Gasteiger partial charge in [-0.05, 0) is 25.1 Å². The van der Waals surface area contributed by atoms with Crippen molar-refractivity contribution < 1.29 is 4.74 Å². The number of halogens is 1. The number of nitrogens with one attached hydrogen (secondary N) is 1. The maximum Gasteiger partial charge on any atom is 0.128 e. The minimum Gasteiger partial charge on any atom is -0.384 e. The van der Waals surface area contributed by atoms with Crippen molar-refractivity contribution in [1.29, 1.82) is 0 Å². The molecule has 1 aliphatic heterocycles. The SMILES string of the molecule is CNCc1cc(N2CCC(COC)C2)ncc1Cl.